The van der Waals surface area contributed by atoms with Crippen molar-refractivity contribution in [3.05, 3.63) is 29.3 Å². The average molecular weight is 404 g/mol. The number of carbonyl (C=O) groups is 1. The van der Waals surface area contributed by atoms with Crippen LogP contribution in [0.1, 0.15) is 37.1 Å². The minimum atomic E-state index is 0. The van der Waals surface area contributed by atoms with Crippen LogP contribution in [0, 0.1) is 0 Å². The zero-order chi connectivity index (χ0) is 16.1. The number of aryl methyl sites for hydroxylation is 1. The summed E-state index contributed by atoms with van der Waals surface area (Å²) >= 11 is 1.77. The molecule has 0 atom stereocenters. The SMILES string of the molecule is CN(C(=O)CCCCc1nc2ccccc2s1)C1CCNCC1.Cl.Cl. The number of piperidine rings is 1. The lowest BCUT2D eigenvalue weighted by molar-refractivity contribution is -0.132. The summed E-state index contributed by atoms with van der Waals surface area (Å²) in [4.78, 5) is 18.9. The first kappa shape index (κ1) is 22.2. The molecule has 4 nitrogen and oxygen atoms in total. The van der Waals surface area contributed by atoms with Crippen molar-refractivity contribution in [2.24, 2.45) is 0 Å². The molecular weight excluding hydrogens is 377 g/mol. The summed E-state index contributed by atoms with van der Waals surface area (Å²) < 4.78 is 1.25. The van der Waals surface area contributed by atoms with Crippen molar-refractivity contribution in [1.82, 2.24) is 15.2 Å². The first-order valence-corrected chi connectivity index (χ1v) is 9.36. The molecule has 1 aromatic carbocycles. The molecule has 0 saturated carbocycles. The van der Waals surface area contributed by atoms with Crippen LogP contribution in [-0.4, -0.2) is 42.0 Å². The summed E-state index contributed by atoms with van der Waals surface area (Å²) in [6, 6.07) is 8.69. The molecule has 7 heteroatoms. The minimum Gasteiger partial charge on any atom is -0.343 e. The van der Waals surface area contributed by atoms with Crippen molar-refractivity contribution in [2.75, 3.05) is 20.1 Å². The third kappa shape index (κ3) is 6.10. The minimum absolute atomic E-state index is 0. The van der Waals surface area contributed by atoms with E-state index in [0.29, 0.717) is 18.4 Å². The number of para-hydroxylation sites is 1. The third-order valence-electron chi connectivity index (χ3n) is 4.62. The molecular formula is C18H27Cl2N3OS. The van der Waals surface area contributed by atoms with E-state index in [0.717, 1.165) is 50.7 Å². The number of amides is 1. The van der Waals surface area contributed by atoms with Gasteiger partial charge < -0.3 is 10.2 Å². The van der Waals surface area contributed by atoms with E-state index in [2.05, 4.69) is 28.5 Å². The number of fused-ring (bicyclic) bond motifs is 1. The number of unbranched alkanes of at least 4 members (excludes halogenated alkanes) is 1. The molecule has 0 aliphatic carbocycles. The first-order valence-electron chi connectivity index (χ1n) is 8.55. The lowest BCUT2D eigenvalue weighted by atomic mass is 10.0. The van der Waals surface area contributed by atoms with Gasteiger partial charge in [0.25, 0.3) is 0 Å². The fraction of sp³-hybridized carbons (Fsp3) is 0.556. The van der Waals surface area contributed by atoms with Crippen LogP contribution in [0.5, 0.6) is 0 Å². The number of nitrogens with one attached hydrogen (secondary N) is 1. The second-order valence-electron chi connectivity index (χ2n) is 6.27. The van der Waals surface area contributed by atoms with Gasteiger partial charge in [-0.15, -0.1) is 36.2 Å². The number of halogens is 2. The summed E-state index contributed by atoms with van der Waals surface area (Å²) in [7, 11) is 1.96. The van der Waals surface area contributed by atoms with Gasteiger partial charge in [-0.05, 0) is 57.3 Å². The molecule has 0 unspecified atom stereocenters. The molecule has 0 radical (unpaired) electrons. The van der Waals surface area contributed by atoms with Gasteiger partial charge in [0, 0.05) is 19.5 Å². The third-order valence-corrected chi connectivity index (χ3v) is 5.72. The normalized spacial score (nSPS) is 14.6. The summed E-state index contributed by atoms with van der Waals surface area (Å²) in [5, 5.41) is 4.53. The molecule has 2 heterocycles. The van der Waals surface area contributed by atoms with Crippen LogP contribution in [0.25, 0.3) is 10.2 Å². The number of hydrogen-bond donors (Lipinski definition) is 1. The molecule has 140 valence electrons. The van der Waals surface area contributed by atoms with Crippen LogP contribution in [0.2, 0.25) is 0 Å². The number of rotatable bonds is 6. The molecule has 0 spiro atoms. The quantitative estimate of drug-likeness (QED) is 0.739. The van der Waals surface area contributed by atoms with Crippen LogP contribution in [-0.2, 0) is 11.2 Å². The largest absolute Gasteiger partial charge is 0.343 e. The van der Waals surface area contributed by atoms with E-state index in [1.54, 1.807) is 11.3 Å². The van der Waals surface area contributed by atoms with E-state index in [9.17, 15) is 4.79 Å². The molecule has 3 rings (SSSR count). The zero-order valence-corrected chi connectivity index (χ0v) is 17.0. The Labute approximate surface area is 166 Å². The van der Waals surface area contributed by atoms with Gasteiger partial charge in [-0.3, -0.25) is 4.79 Å². The highest BCUT2D eigenvalue weighted by Gasteiger charge is 2.21. The highest BCUT2D eigenvalue weighted by molar-refractivity contribution is 7.18. The van der Waals surface area contributed by atoms with E-state index in [1.807, 2.05) is 18.0 Å². The van der Waals surface area contributed by atoms with Crippen LogP contribution in [0.3, 0.4) is 0 Å². The Morgan fingerprint density at radius 3 is 2.68 bits per heavy atom. The topological polar surface area (TPSA) is 45.2 Å². The maximum atomic E-state index is 12.3. The van der Waals surface area contributed by atoms with Crippen molar-refractivity contribution < 1.29 is 4.79 Å². The Morgan fingerprint density at radius 2 is 1.96 bits per heavy atom. The van der Waals surface area contributed by atoms with Crippen LogP contribution < -0.4 is 5.32 Å². The predicted molar refractivity (Wildman–Crippen MR) is 110 cm³/mol. The van der Waals surface area contributed by atoms with Gasteiger partial charge in [-0.1, -0.05) is 12.1 Å². The summed E-state index contributed by atoms with van der Waals surface area (Å²) in [5.41, 5.74) is 1.09. The van der Waals surface area contributed by atoms with Gasteiger partial charge in [0.1, 0.15) is 0 Å². The molecule has 1 aromatic heterocycles. The number of thiazole rings is 1. The molecule has 25 heavy (non-hydrogen) atoms. The summed E-state index contributed by atoms with van der Waals surface area (Å²) in [6.45, 7) is 2.06. The second kappa shape index (κ2) is 11.0. The van der Waals surface area contributed by atoms with Crippen molar-refractivity contribution in [3.63, 3.8) is 0 Å². The zero-order valence-electron chi connectivity index (χ0n) is 14.6. The fourth-order valence-electron chi connectivity index (χ4n) is 3.15. The monoisotopic (exact) mass is 403 g/mol. The summed E-state index contributed by atoms with van der Waals surface area (Å²) in [6.07, 6.45) is 5.77. The lowest BCUT2D eigenvalue weighted by Crippen LogP contribution is -2.43. The van der Waals surface area contributed by atoms with Gasteiger partial charge in [-0.2, -0.15) is 0 Å². The van der Waals surface area contributed by atoms with Crippen molar-refractivity contribution >= 4 is 52.3 Å². The second-order valence-corrected chi connectivity index (χ2v) is 7.38. The number of benzene rings is 1. The van der Waals surface area contributed by atoms with E-state index in [4.69, 9.17) is 0 Å². The Balaban J connectivity index is 0.00000156. The Bertz CT molecular complexity index is 626. The number of hydrogen-bond acceptors (Lipinski definition) is 4. The number of aromatic nitrogens is 1. The Kier molecular flexibility index (Phi) is 9.72. The predicted octanol–water partition coefficient (Wildman–Crippen LogP) is 4.06. The van der Waals surface area contributed by atoms with Crippen molar-refractivity contribution in [2.45, 2.75) is 44.6 Å². The van der Waals surface area contributed by atoms with Crippen molar-refractivity contribution in [3.8, 4) is 0 Å². The van der Waals surface area contributed by atoms with Gasteiger partial charge >= 0.3 is 0 Å². The van der Waals surface area contributed by atoms with Gasteiger partial charge in [0.2, 0.25) is 5.91 Å². The maximum Gasteiger partial charge on any atom is 0.222 e. The molecule has 1 amide bonds. The molecule has 0 bridgehead atoms. The standard InChI is InChI=1S/C18H25N3OS.2ClH/c1-21(14-10-12-19-13-11-14)18(22)9-5-4-8-17-20-15-6-2-3-7-16(15)23-17;;/h2-3,6-7,14,19H,4-5,8-13H2,1H3;2*1H. The van der Waals surface area contributed by atoms with Gasteiger partial charge in [0.05, 0.1) is 15.2 Å². The highest BCUT2D eigenvalue weighted by atomic mass is 35.5. The molecule has 2 aromatic rings. The average Bonchev–Trinajstić information content (AvgIpc) is 3.01. The summed E-state index contributed by atoms with van der Waals surface area (Å²) in [5.74, 6) is 0.293. The van der Waals surface area contributed by atoms with Crippen LogP contribution in [0.4, 0.5) is 0 Å². The van der Waals surface area contributed by atoms with E-state index in [-0.39, 0.29) is 24.8 Å². The molecule has 1 N–H and O–H groups in total. The first-order chi connectivity index (χ1) is 11.2. The van der Waals surface area contributed by atoms with Gasteiger partial charge in [0.15, 0.2) is 0 Å². The van der Waals surface area contributed by atoms with Gasteiger partial charge in [-0.25, -0.2) is 4.98 Å². The number of nitrogens with zero attached hydrogens (tertiary/aromatic N) is 2. The van der Waals surface area contributed by atoms with E-state index >= 15 is 0 Å². The van der Waals surface area contributed by atoms with E-state index in [1.165, 1.54) is 9.71 Å². The molecule has 1 fully saturated rings. The molecule has 1 aliphatic heterocycles. The Morgan fingerprint density at radius 1 is 1.24 bits per heavy atom. The van der Waals surface area contributed by atoms with Crippen LogP contribution >= 0.6 is 36.2 Å². The van der Waals surface area contributed by atoms with Crippen LogP contribution in [0.15, 0.2) is 24.3 Å². The smallest absolute Gasteiger partial charge is 0.222 e. The van der Waals surface area contributed by atoms with Crippen molar-refractivity contribution in [1.29, 1.82) is 0 Å². The lowest BCUT2D eigenvalue weighted by Gasteiger charge is -2.31. The highest BCUT2D eigenvalue weighted by Crippen LogP contribution is 2.23. The molecule has 1 saturated heterocycles. The maximum absolute atomic E-state index is 12.3. The van der Waals surface area contributed by atoms with E-state index < -0.39 is 0 Å². The fourth-order valence-corrected chi connectivity index (χ4v) is 4.16. The molecule has 1 aliphatic rings. The number of carbonyl (C=O) groups excluding carboxylic acids is 1. The Hall–Kier alpha value is -0.880.